The first-order chi connectivity index (χ1) is 31.5. The molecule has 64 heavy (non-hydrogen) atoms. The van der Waals surface area contributed by atoms with Gasteiger partial charge in [-0.2, -0.15) is 0 Å². The second-order valence-electron chi connectivity index (χ2n) is 18.2. The molecule has 370 valence electrons. The van der Waals surface area contributed by atoms with Crippen LogP contribution in [0.15, 0.2) is 60.8 Å². The lowest BCUT2D eigenvalue weighted by Crippen LogP contribution is -2.30. The third kappa shape index (κ3) is 50.1. The van der Waals surface area contributed by atoms with Crippen LogP contribution < -0.4 is 0 Å². The van der Waals surface area contributed by atoms with Gasteiger partial charge in [-0.25, -0.2) is 0 Å². The number of rotatable bonds is 49. The van der Waals surface area contributed by atoms with Gasteiger partial charge in [0.15, 0.2) is 6.10 Å². The van der Waals surface area contributed by atoms with E-state index >= 15 is 0 Å². The van der Waals surface area contributed by atoms with E-state index in [-0.39, 0.29) is 31.1 Å². The highest BCUT2D eigenvalue weighted by Crippen LogP contribution is 2.15. The van der Waals surface area contributed by atoms with Crippen LogP contribution in [0, 0.1) is 0 Å². The third-order valence-electron chi connectivity index (χ3n) is 11.8. The summed E-state index contributed by atoms with van der Waals surface area (Å²) in [7, 11) is 0. The summed E-state index contributed by atoms with van der Waals surface area (Å²) in [4.78, 5) is 37.9. The van der Waals surface area contributed by atoms with Crippen molar-refractivity contribution in [1.82, 2.24) is 0 Å². The molecule has 0 N–H and O–H groups in total. The van der Waals surface area contributed by atoms with Gasteiger partial charge < -0.3 is 14.2 Å². The van der Waals surface area contributed by atoms with E-state index < -0.39 is 6.10 Å². The molecule has 6 nitrogen and oxygen atoms in total. The summed E-state index contributed by atoms with van der Waals surface area (Å²) in [6.45, 7) is 6.54. The number of ether oxygens (including phenoxy) is 3. The van der Waals surface area contributed by atoms with E-state index in [0.29, 0.717) is 25.7 Å². The molecule has 0 amide bonds. The molecule has 1 unspecified atom stereocenters. The summed E-state index contributed by atoms with van der Waals surface area (Å²) >= 11 is 0. The molecular formula is C58H102O6. The lowest BCUT2D eigenvalue weighted by atomic mass is 10.1. The summed E-state index contributed by atoms with van der Waals surface area (Å²) in [5, 5.41) is 0. The van der Waals surface area contributed by atoms with Crippen molar-refractivity contribution in [2.24, 2.45) is 0 Å². The van der Waals surface area contributed by atoms with Gasteiger partial charge in [0.1, 0.15) is 13.2 Å². The zero-order valence-electron chi connectivity index (χ0n) is 42.3. The Morgan fingerprint density at radius 2 is 0.578 bits per heavy atom. The molecule has 0 fully saturated rings. The molecule has 0 aromatic rings. The average molecular weight is 895 g/mol. The SMILES string of the molecule is CCCCC/C=C\C=C/CCCCCCCCCCCCC(=O)OCC(COC(=O)CCC/C=C\CCCCCC)OC(=O)CCCCCCC/C=C\C=C/CCCCCCCCC. The van der Waals surface area contributed by atoms with Gasteiger partial charge >= 0.3 is 17.9 Å². The van der Waals surface area contributed by atoms with E-state index in [1.165, 1.54) is 154 Å². The maximum absolute atomic E-state index is 12.8. The minimum absolute atomic E-state index is 0.0904. The number of hydrogen-bond donors (Lipinski definition) is 0. The van der Waals surface area contributed by atoms with E-state index in [4.69, 9.17) is 14.2 Å². The van der Waals surface area contributed by atoms with Gasteiger partial charge in [-0.15, -0.1) is 0 Å². The van der Waals surface area contributed by atoms with Crippen molar-refractivity contribution in [3.8, 4) is 0 Å². The first-order valence-electron chi connectivity index (χ1n) is 27.3. The minimum atomic E-state index is -0.793. The van der Waals surface area contributed by atoms with Gasteiger partial charge in [-0.05, 0) is 89.9 Å². The Bertz CT molecular complexity index is 1170. The Morgan fingerprint density at radius 1 is 0.312 bits per heavy atom. The molecular weight excluding hydrogens is 793 g/mol. The van der Waals surface area contributed by atoms with E-state index in [9.17, 15) is 14.4 Å². The fourth-order valence-corrected chi connectivity index (χ4v) is 7.60. The Balaban J connectivity index is 4.33. The second-order valence-corrected chi connectivity index (χ2v) is 18.2. The van der Waals surface area contributed by atoms with Gasteiger partial charge in [0, 0.05) is 19.3 Å². The van der Waals surface area contributed by atoms with Crippen molar-refractivity contribution in [3.63, 3.8) is 0 Å². The quantitative estimate of drug-likeness (QED) is 0.0199. The van der Waals surface area contributed by atoms with E-state index in [2.05, 4.69) is 81.5 Å². The first-order valence-corrected chi connectivity index (χ1v) is 27.3. The largest absolute Gasteiger partial charge is 0.462 e. The van der Waals surface area contributed by atoms with Crippen LogP contribution in [-0.2, 0) is 28.6 Å². The molecule has 0 radical (unpaired) electrons. The molecule has 0 aliphatic heterocycles. The smallest absolute Gasteiger partial charge is 0.306 e. The minimum Gasteiger partial charge on any atom is -0.462 e. The molecule has 0 saturated carbocycles. The first kappa shape index (κ1) is 61.1. The fourth-order valence-electron chi connectivity index (χ4n) is 7.60. The predicted octanol–water partition coefficient (Wildman–Crippen LogP) is 18.0. The number of esters is 3. The highest BCUT2D eigenvalue weighted by molar-refractivity contribution is 5.71. The van der Waals surface area contributed by atoms with Crippen LogP contribution in [0.2, 0.25) is 0 Å². The highest BCUT2D eigenvalue weighted by Gasteiger charge is 2.19. The van der Waals surface area contributed by atoms with E-state index in [0.717, 1.165) is 70.6 Å². The average Bonchev–Trinajstić information content (AvgIpc) is 3.29. The monoisotopic (exact) mass is 895 g/mol. The maximum Gasteiger partial charge on any atom is 0.306 e. The Morgan fingerprint density at radius 3 is 0.984 bits per heavy atom. The van der Waals surface area contributed by atoms with Crippen LogP contribution in [-0.4, -0.2) is 37.2 Å². The summed E-state index contributed by atoms with van der Waals surface area (Å²) in [6, 6.07) is 0. The molecule has 0 bridgehead atoms. The van der Waals surface area contributed by atoms with Crippen LogP contribution in [0.25, 0.3) is 0 Å². The molecule has 1 atom stereocenters. The van der Waals surface area contributed by atoms with Crippen LogP contribution >= 0.6 is 0 Å². The topological polar surface area (TPSA) is 78.9 Å². The molecule has 0 spiro atoms. The lowest BCUT2D eigenvalue weighted by molar-refractivity contribution is -0.167. The molecule has 0 aliphatic carbocycles. The van der Waals surface area contributed by atoms with Gasteiger partial charge in [0.05, 0.1) is 0 Å². The van der Waals surface area contributed by atoms with E-state index in [1.54, 1.807) is 0 Å². The molecule has 0 saturated heterocycles. The fraction of sp³-hybridized carbons (Fsp3) is 0.776. The van der Waals surface area contributed by atoms with Crippen molar-refractivity contribution >= 4 is 17.9 Å². The molecule has 0 aromatic heterocycles. The summed E-state index contributed by atoms with van der Waals surface area (Å²) < 4.78 is 16.8. The summed E-state index contributed by atoms with van der Waals surface area (Å²) in [5.41, 5.74) is 0. The lowest BCUT2D eigenvalue weighted by Gasteiger charge is -2.18. The molecule has 0 rings (SSSR count). The number of allylic oxidation sites excluding steroid dienone is 10. The highest BCUT2D eigenvalue weighted by atomic mass is 16.6. The molecule has 0 heterocycles. The molecule has 0 aromatic carbocycles. The molecule has 6 heteroatoms. The number of unbranched alkanes of at least 4 members (excludes halogenated alkanes) is 30. The van der Waals surface area contributed by atoms with Crippen LogP contribution in [0.5, 0.6) is 0 Å². The Hall–Kier alpha value is -2.89. The maximum atomic E-state index is 12.8. The van der Waals surface area contributed by atoms with Crippen molar-refractivity contribution in [3.05, 3.63) is 60.8 Å². The third-order valence-corrected chi connectivity index (χ3v) is 11.8. The van der Waals surface area contributed by atoms with Gasteiger partial charge in [0.25, 0.3) is 0 Å². The number of carbonyl (C=O) groups excluding carboxylic acids is 3. The van der Waals surface area contributed by atoms with Crippen LogP contribution in [0.3, 0.4) is 0 Å². The Labute approximate surface area is 396 Å². The summed E-state index contributed by atoms with van der Waals surface area (Å²) in [6.07, 6.45) is 65.0. The van der Waals surface area contributed by atoms with Crippen LogP contribution in [0.1, 0.15) is 271 Å². The number of hydrogen-bond acceptors (Lipinski definition) is 6. The zero-order chi connectivity index (χ0) is 46.5. The second kappa shape index (κ2) is 52.7. The van der Waals surface area contributed by atoms with Gasteiger partial charge in [0.2, 0.25) is 0 Å². The van der Waals surface area contributed by atoms with Gasteiger partial charge in [-0.3, -0.25) is 14.4 Å². The normalized spacial score (nSPS) is 12.5. The summed E-state index contributed by atoms with van der Waals surface area (Å²) in [5.74, 6) is -0.940. The number of carbonyl (C=O) groups is 3. The van der Waals surface area contributed by atoms with Crippen molar-refractivity contribution in [2.75, 3.05) is 13.2 Å². The zero-order valence-corrected chi connectivity index (χ0v) is 42.3. The predicted molar refractivity (Wildman–Crippen MR) is 275 cm³/mol. The van der Waals surface area contributed by atoms with Crippen LogP contribution in [0.4, 0.5) is 0 Å². The van der Waals surface area contributed by atoms with E-state index in [1.807, 2.05) is 0 Å². The Kier molecular flexibility index (Phi) is 50.4. The van der Waals surface area contributed by atoms with Crippen molar-refractivity contribution in [1.29, 1.82) is 0 Å². The van der Waals surface area contributed by atoms with Crippen molar-refractivity contribution < 1.29 is 28.6 Å². The standard InChI is InChI=1S/C58H102O6/c1-4-7-10-13-16-19-21-23-25-27-29-31-32-34-36-39-42-45-48-51-57(60)63-54-55(53-62-56(59)50-47-44-41-38-18-15-12-9-6-3)64-58(61)52-49-46-43-40-37-35-33-30-28-26-24-22-20-17-14-11-8-5-2/h16,19,21,23,26,28,30,33,38,41,55H,4-15,17-18,20,22,24-25,27,29,31-32,34-37,39-40,42-54H2,1-3H3/b19-16-,23-21-,28-26-,33-30-,41-38-. The van der Waals surface area contributed by atoms with Crippen molar-refractivity contribution in [2.45, 2.75) is 277 Å². The molecule has 0 aliphatic rings. The van der Waals surface area contributed by atoms with Gasteiger partial charge in [-0.1, -0.05) is 223 Å².